The fraction of sp³-hybridized carbons (Fsp3) is 0.111. The molecule has 0 bridgehead atoms. The van der Waals surface area contributed by atoms with Gasteiger partial charge in [0.1, 0.15) is 0 Å². The summed E-state index contributed by atoms with van der Waals surface area (Å²) in [5.41, 5.74) is 1.29. The molecule has 3 aromatic rings. The Kier molecular flexibility index (Phi) is 4.23. The van der Waals surface area contributed by atoms with E-state index in [0.29, 0.717) is 4.90 Å². The van der Waals surface area contributed by atoms with Crippen molar-refractivity contribution in [2.24, 2.45) is 0 Å². The second-order valence-corrected chi connectivity index (χ2v) is 8.24. The van der Waals surface area contributed by atoms with E-state index < -0.39 is 9.84 Å². The SMILES string of the molecule is CS(=O)(=O)c1ccc(SCc2cccc3ccccc23)cc1. The van der Waals surface area contributed by atoms with E-state index in [1.54, 1.807) is 23.9 Å². The fourth-order valence-corrected chi connectivity index (χ4v) is 3.90. The van der Waals surface area contributed by atoms with E-state index in [1.807, 2.05) is 18.2 Å². The Morgan fingerprint density at radius 2 is 1.55 bits per heavy atom. The molecule has 0 unspecified atom stereocenters. The molecule has 3 aromatic carbocycles. The Morgan fingerprint density at radius 3 is 2.27 bits per heavy atom. The molecular formula is C18H16O2S2. The lowest BCUT2D eigenvalue weighted by Gasteiger charge is -2.07. The van der Waals surface area contributed by atoms with Crippen LogP contribution in [-0.2, 0) is 15.6 Å². The van der Waals surface area contributed by atoms with Gasteiger partial charge in [0, 0.05) is 16.9 Å². The monoisotopic (exact) mass is 328 g/mol. The maximum Gasteiger partial charge on any atom is 0.175 e. The molecule has 0 N–H and O–H groups in total. The number of rotatable bonds is 4. The molecular weight excluding hydrogens is 312 g/mol. The van der Waals surface area contributed by atoms with Crippen LogP contribution in [0.4, 0.5) is 0 Å². The van der Waals surface area contributed by atoms with Crippen molar-refractivity contribution in [1.82, 2.24) is 0 Å². The molecule has 0 aliphatic carbocycles. The summed E-state index contributed by atoms with van der Waals surface area (Å²) < 4.78 is 22.9. The number of fused-ring (bicyclic) bond motifs is 1. The average Bonchev–Trinajstić information content (AvgIpc) is 2.52. The van der Waals surface area contributed by atoms with E-state index in [-0.39, 0.29) is 0 Å². The highest BCUT2D eigenvalue weighted by Crippen LogP contribution is 2.28. The predicted molar refractivity (Wildman–Crippen MR) is 93.1 cm³/mol. The lowest BCUT2D eigenvalue weighted by atomic mass is 10.1. The van der Waals surface area contributed by atoms with Gasteiger partial charge in [0.05, 0.1) is 4.90 Å². The predicted octanol–water partition coefficient (Wildman–Crippen LogP) is 4.54. The smallest absolute Gasteiger partial charge is 0.175 e. The molecule has 0 aromatic heterocycles. The zero-order valence-corrected chi connectivity index (χ0v) is 13.8. The Labute approximate surface area is 135 Å². The molecule has 4 heteroatoms. The van der Waals surface area contributed by atoms with Crippen molar-refractivity contribution in [2.45, 2.75) is 15.5 Å². The Balaban J connectivity index is 1.80. The first kappa shape index (κ1) is 15.1. The third kappa shape index (κ3) is 3.34. The van der Waals surface area contributed by atoms with Crippen LogP contribution in [0.2, 0.25) is 0 Å². The summed E-state index contributed by atoms with van der Waals surface area (Å²) >= 11 is 1.71. The van der Waals surface area contributed by atoms with Crippen molar-refractivity contribution >= 4 is 32.4 Å². The van der Waals surface area contributed by atoms with Crippen LogP contribution < -0.4 is 0 Å². The molecule has 0 aliphatic heterocycles. The van der Waals surface area contributed by atoms with Gasteiger partial charge >= 0.3 is 0 Å². The van der Waals surface area contributed by atoms with E-state index >= 15 is 0 Å². The molecule has 0 saturated carbocycles. The standard InChI is InChI=1S/C18H16O2S2/c1-22(19,20)17-11-9-16(10-12-17)21-13-15-7-4-6-14-5-2-3-8-18(14)15/h2-12H,13H2,1H3. The molecule has 0 fully saturated rings. The molecule has 0 amide bonds. The van der Waals surface area contributed by atoms with Gasteiger partial charge in [-0.25, -0.2) is 8.42 Å². The first-order valence-electron chi connectivity index (χ1n) is 6.93. The molecule has 112 valence electrons. The van der Waals surface area contributed by atoms with Gasteiger partial charge < -0.3 is 0 Å². The van der Waals surface area contributed by atoms with Crippen LogP contribution in [0.5, 0.6) is 0 Å². The molecule has 3 rings (SSSR count). The Bertz CT molecular complexity index is 893. The zero-order valence-electron chi connectivity index (χ0n) is 12.2. The first-order valence-corrected chi connectivity index (χ1v) is 9.81. The van der Waals surface area contributed by atoms with E-state index in [9.17, 15) is 8.42 Å². The van der Waals surface area contributed by atoms with E-state index in [1.165, 1.54) is 22.6 Å². The van der Waals surface area contributed by atoms with Gasteiger partial charge in [-0.05, 0) is 40.6 Å². The van der Waals surface area contributed by atoms with Crippen molar-refractivity contribution in [2.75, 3.05) is 6.26 Å². The third-order valence-electron chi connectivity index (χ3n) is 3.53. The van der Waals surface area contributed by atoms with Gasteiger partial charge in [0.2, 0.25) is 0 Å². The minimum Gasteiger partial charge on any atom is -0.224 e. The molecule has 0 radical (unpaired) electrons. The van der Waals surface area contributed by atoms with Crippen LogP contribution in [0, 0.1) is 0 Å². The van der Waals surface area contributed by atoms with Crippen LogP contribution >= 0.6 is 11.8 Å². The quantitative estimate of drug-likeness (QED) is 0.660. The van der Waals surface area contributed by atoms with Crippen molar-refractivity contribution in [3.63, 3.8) is 0 Å². The largest absolute Gasteiger partial charge is 0.224 e. The highest BCUT2D eigenvalue weighted by molar-refractivity contribution is 7.98. The zero-order chi connectivity index (χ0) is 15.6. The minimum atomic E-state index is -3.12. The lowest BCUT2D eigenvalue weighted by molar-refractivity contribution is 0.602. The topological polar surface area (TPSA) is 34.1 Å². The summed E-state index contributed by atoms with van der Waals surface area (Å²) in [6.45, 7) is 0. The van der Waals surface area contributed by atoms with Crippen LogP contribution in [0.1, 0.15) is 5.56 Å². The summed E-state index contributed by atoms with van der Waals surface area (Å²) in [4.78, 5) is 1.43. The summed E-state index contributed by atoms with van der Waals surface area (Å²) in [6, 6.07) is 21.7. The second-order valence-electron chi connectivity index (χ2n) is 5.17. The summed E-state index contributed by atoms with van der Waals surface area (Å²) in [6.07, 6.45) is 1.23. The van der Waals surface area contributed by atoms with Gasteiger partial charge in [0.15, 0.2) is 9.84 Å². The number of sulfone groups is 1. The summed E-state index contributed by atoms with van der Waals surface area (Å²) in [5, 5.41) is 2.51. The second kappa shape index (κ2) is 6.15. The highest BCUT2D eigenvalue weighted by atomic mass is 32.2. The highest BCUT2D eigenvalue weighted by Gasteiger charge is 2.07. The maximum absolute atomic E-state index is 11.5. The fourth-order valence-electron chi connectivity index (χ4n) is 2.36. The minimum absolute atomic E-state index is 0.363. The van der Waals surface area contributed by atoms with Crippen LogP contribution in [0.3, 0.4) is 0 Å². The Hall–Kier alpha value is -1.78. The molecule has 0 atom stereocenters. The first-order chi connectivity index (χ1) is 10.5. The summed E-state index contributed by atoms with van der Waals surface area (Å²) in [7, 11) is -3.12. The van der Waals surface area contributed by atoms with Gasteiger partial charge in [-0.15, -0.1) is 11.8 Å². The van der Waals surface area contributed by atoms with Gasteiger partial charge in [-0.3, -0.25) is 0 Å². The van der Waals surface area contributed by atoms with Crippen LogP contribution in [-0.4, -0.2) is 14.7 Å². The normalized spacial score (nSPS) is 11.7. The van der Waals surface area contributed by atoms with E-state index in [4.69, 9.17) is 0 Å². The molecule has 0 spiro atoms. The number of hydrogen-bond donors (Lipinski definition) is 0. The van der Waals surface area contributed by atoms with Crippen LogP contribution in [0.25, 0.3) is 10.8 Å². The van der Waals surface area contributed by atoms with Gasteiger partial charge in [0.25, 0.3) is 0 Å². The molecule has 0 aliphatic rings. The molecule has 22 heavy (non-hydrogen) atoms. The molecule has 2 nitrogen and oxygen atoms in total. The maximum atomic E-state index is 11.5. The van der Waals surface area contributed by atoms with E-state index in [0.717, 1.165) is 10.6 Å². The van der Waals surface area contributed by atoms with E-state index in [2.05, 4.69) is 36.4 Å². The summed E-state index contributed by atoms with van der Waals surface area (Å²) in [5.74, 6) is 0.861. The van der Waals surface area contributed by atoms with Crippen molar-refractivity contribution in [3.05, 3.63) is 72.3 Å². The Morgan fingerprint density at radius 1 is 0.864 bits per heavy atom. The molecule has 0 heterocycles. The van der Waals surface area contributed by atoms with Crippen LogP contribution in [0.15, 0.2) is 76.5 Å². The average molecular weight is 328 g/mol. The third-order valence-corrected chi connectivity index (χ3v) is 5.72. The van der Waals surface area contributed by atoms with Crippen molar-refractivity contribution < 1.29 is 8.42 Å². The lowest BCUT2D eigenvalue weighted by Crippen LogP contribution is -1.96. The van der Waals surface area contributed by atoms with Crippen molar-refractivity contribution in [1.29, 1.82) is 0 Å². The van der Waals surface area contributed by atoms with Gasteiger partial charge in [-0.2, -0.15) is 0 Å². The number of thioether (sulfide) groups is 1. The number of benzene rings is 3. The van der Waals surface area contributed by atoms with Gasteiger partial charge in [-0.1, -0.05) is 42.5 Å². The molecule has 0 saturated heterocycles. The number of hydrogen-bond acceptors (Lipinski definition) is 3. The van der Waals surface area contributed by atoms with Crippen molar-refractivity contribution in [3.8, 4) is 0 Å².